The predicted molar refractivity (Wildman–Crippen MR) is 113 cm³/mol. The summed E-state index contributed by atoms with van der Waals surface area (Å²) in [7, 11) is 0. The minimum Gasteiger partial charge on any atom is -0.364 e. The summed E-state index contributed by atoms with van der Waals surface area (Å²) >= 11 is 1.40. The second kappa shape index (κ2) is 7.80. The summed E-state index contributed by atoms with van der Waals surface area (Å²) in [5, 5.41) is 4.73. The van der Waals surface area contributed by atoms with Gasteiger partial charge in [0.25, 0.3) is 5.91 Å². The summed E-state index contributed by atoms with van der Waals surface area (Å²) in [4.78, 5) is 21.2. The molecule has 5 nitrogen and oxygen atoms in total. The van der Waals surface area contributed by atoms with E-state index in [2.05, 4.69) is 15.3 Å². The van der Waals surface area contributed by atoms with E-state index in [1.165, 1.54) is 17.7 Å². The molecule has 29 heavy (non-hydrogen) atoms. The van der Waals surface area contributed by atoms with E-state index in [0.29, 0.717) is 16.9 Å². The van der Waals surface area contributed by atoms with Gasteiger partial charge in [0.15, 0.2) is 5.82 Å². The van der Waals surface area contributed by atoms with Gasteiger partial charge in [-0.2, -0.15) is 0 Å². The molecule has 4 rings (SSSR count). The number of carbonyl (C=O) groups excluding carboxylic acids is 1. The number of rotatable bonds is 5. The molecular weight excluding hydrogens is 389 g/mol. The number of nitrogens with zero attached hydrogens (tertiary/aromatic N) is 2. The first-order chi connectivity index (χ1) is 14.0. The predicted octanol–water partition coefficient (Wildman–Crippen LogP) is 5.55. The van der Waals surface area contributed by atoms with E-state index >= 15 is 4.39 Å². The van der Waals surface area contributed by atoms with Gasteiger partial charge in [-0.1, -0.05) is 39.0 Å². The van der Waals surface area contributed by atoms with Gasteiger partial charge < -0.3 is 10.1 Å². The third-order valence-corrected chi connectivity index (χ3v) is 7.10. The number of thiophene rings is 1. The summed E-state index contributed by atoms with van der Waals surface area (Å²) in [6.07, 6.45) is 1.15. The lowest BCUT2D eigenvalue weighted by Crippen LogP contribution is -2.34. The van der Waals surface area contributed by atoms with Gasteiger partial charge in [0, 0.05) is 17.0 Å². The monoisotopic (exact) mass is 413 g/mol. The van der Waals surface area contributed by atoms with Gasteiger partial charge in [0.1, 0.15) is 18.6 Å². The van der Waals surface area contributed by atoms with Crippen LogP contribution in [0, 0.1) is 5.92 Å². The van der Waals surface area contributed by atoms with Gasteiger partial charge in [-0.25, -0.2) is 14.4 Å². The van der Waals surface area contributed by atoms with Crippen molar-refractivity contribution >= 4 is 33.3 Å². The number of fused-ring (bicyclic) bond motifs is 1. The van der Waals surface area contributed by atoms with Crippen LogP contribution in [0.2, 0.25) is 0 Å². The van der Waals surface area contributed by atoms with Crippen LogP contribution in [0.15, 0.2) is 42.0 Å². The Balaban J connectivity index is 1.67. The third-order valence-electron chi connectivity index (χ3n) is 6.11. The molecule has 0 radical (unpaired) electrons. The fourth-order valence-electron chi connectivity index (χ4n) is 4.20. The van der Waals surface area contributed by atoms with Crippen LogP contribution >= 0.6 is 11.3 Å². The molecule has 1 amide bonds. The van der Waals surface area contributed by atoms with Gasteiger partial charge >= 0.3 is 0 Å². The Morgan fingerprint density at radius 2 is 1.97 bits per heavy atom. The molecule has 152 valence electrons. The number of amides is 1. The highest BCUT2D eigenvalue weighted by molar-refractivity contribution is 7.18. The Bertz CT molecular complexity index is 1020. The number of alkyl halides is 1. The van der Waals surface area contributed by atoms with E-state index < -0.39 is 17.9 Å². The normalized spacial score (nSPS) is 23.4. The summed E-state index contributed by atoms with van der Waals surface area (Å²) in [6.45, 7) is 6.01. The van der Waals surface area contributed by atoms with Crippen molar-refractivity contribution in [3.63, 3.8) is 0 Å². The fraction of sp³-hybridized carbons (Fsp3) is 0.409. The highest BCUT2D eigenvalue weighted by atomic mass is 32.1. The van der Waals surface area contributed by atoms with Crippen molar-refractivity contribution < 1.29 is 13.9 Å². The molecule has 2 aromatic heterocycles. The van der Waals surface area contributed by atoms with E-state index in [-0.39, 0.29) is 11.8 Å². The van der Waals surface area contributed by atoms with Crippen molar-refractivity contribution in [1.82, 2.24) is 9.97 Å². The zero-order chi connectivity index (χ0) is 20.6. The minimum atomic E-state index is -1.11. The number of halogens is 1. The van der Waals surface area contributed by atoms with Gasteiger partial charge in [0.2, 0.25) is 0 Å². The average molecular weight is 414 g/mol. The van der Waals surface area contributed by atoms with Crippen LogP contribution in [-0.4, -0.2) is 27.6 Å². The third kappa shape index (κ3) is 3.32. The Morgan fingerprint density at radius 3 is 2.62 bits per heavy atom. The van der Waals surface area contributed by atoms with Gasteiger partial charge in [0.05, 0.1) is 15.8 Å². The van der Waals surface area contributed by atoms with E-state index in [1.807, 2.05) is 32.2 Å². The molecule has 0 saturated carbocycles. The number of anilines is 1. The van der Waals surface area contributed by atoms with Crippen LogP contribution < -0.4 is 5.32 Å². The maximum atomic E-state index is 15.2. The highest BCUT2D eigenvalue weighted by Gasteiger charge is 2.52. The molecule has 1 N–H and O–H groups in total. The molecule has 1 saturated heterocycles. The molecule has 3 heterocycles. The standard InChI is InChI=1S/C22H24FN3O2S/c1-4-22(5-2)13(3)16(23)18(28-22)15-11-29-19-17(15)24-12-25-20(19)26-21(27)14-9-7-6-8-10-14/h6-13,16,18H,4-5H2,1-3H3,(H,24,25,26,27)/t13-,16+,18-/m0/s1. The van der Waals surface area contributed by atoms with Gasteiger partial charge in [-0.05, 0) is 30.4 Å². The van der Waals surface area contributed by atoms with Crippen LogP contribution in [-0.2, 0) is 4.74 Å². The number of benzene rings is 1. The van der Waals surface area contributed by atoms with Crippen molar-refractivity contribution in [3.8, 4) is 0 Å². The van der Waals surface area contributed by atoms with Crippen LogP contribution in [0.25, 0.3) is 10.2 Å². The molecule has 3 atom stereocenters. The maximum absolute atomic E-state index is 15.2. The average Bonchev–Trinajstić information content (AvgIpc) is 3.29. The molecule has 1 aliphatic rings. The molecule has 7 heteroatoms. The lowest BCUT2D eigenvalue weighted by Gasteiger charge is -2.30. The largest absolute Gasteiger partial charge is 0.364 e. The molecule has 0 bridgehead atoms. The second-order valence-corrected chi connectivity index (χ2v) is 8.33. The van der Waals surface area contributed by atoms with Crippen molar-refractivity contribution in [1.29, 1.82) is 0 Å². The van der Waals surface area contributed by atoms with Crippen molar-refractivity contribution in [3.05, 3.63) is 53.2 Å². The molecule has 1 fully saturated rings. The lowest BCUT2D eigenvalue weighted by atomic mass is 9.82. The number of carbonyl (C=O) groups is 1. The SMILES string of the molecule is CCC1(CC)O[C@@H](c2csc3c(NC(=O)c4ccccc4)ncnc23)[C@H](F)[C@@H]1C. The smallest absolute Gasteiger partial charge is 0.256 e. The first kappa shape index (κ1) is 19.9. The van der Waals surface area contributed by atoms with Crippen LogP contribution in [0.1, 0.15) is 55.6 Å². The highest BCUT2D eigenvalue weighted by Crippen LogP contribution is 2.50. The zero-order valence-electron chi connectivity index (χ0n) is 16.7. The second-order valence-electron chi connectivity index (χ2n) is 7.45. The topological polar surface area (TPSA) is 64.1 Å². The van der Waals surface area contributed by atoms with Crippen LogP contribution in [0.4, 0.5) is 10.2 Å². The summed E-state index contributed by atoms with van der Waals surface area (Å²) in [5.74, 6) is -0.0130. The van der Waals surface area contributed by atoms with E-state index in [0.717, 1.165) is 23.1 Å². The first-order valence-corrected chi connectivity index (χ1v) is 10.8. The zero-order valence-corrected chi connectivity index (χ0v) is 17.5. The van der Waals surface area contributed by atoms with Crippen molar-refractivity contribution in [2.24, 2.45) is 5.92 Å². The Labute approximate surface area is 173 Å². The molecule has 0 spiro atoms. The van der Waals surface area contributed by atoms with Gasteiger partial charge in [-0.15, -0.1) is 11.3 Å². The molecule has 3 aromatic rings. The number of aromatic nitrogens is 2. The number of hydrogen-bond donors (Lipinski definition) is 1. The Kier molecular flexibility index (Phi) is 5.36. The molecule has 0 unspecified atom stereocenters. The Hall–Kier alpha value is -2.38. The lowest BCUT2D eigenvalue weighted by molar-refractivity contribution is -0.0639. The summed E-state index contributed by atoms with van der Waals surface area (Å²) < 4.78 is 22.3. The van der Waals surface area contributed by atoms with Crippen LogP contribution in [0.3, 0.4) is 0 Å². The number of hydrogen-bond acceptors (Lipinski definition) is 5. The Morgan fingerprint density at radius 1 is 1.24 bits per heavy atom. The van der Waals surface area contributed by atoms with Gasteiger partial charge in [-0.3, -0.25) is 4.79 Å². The maximum Gasteiger partial charge on any atom is 0.256 e. The molecule has 1 aromatic carbocycles. The van der Waals surface area contributed by atoms with E-state index in [9.17, 15) is 4.79 Å². The summed E-state index contributed by atoms with van der Waals surface area (Å²) in [5.41, 5.74) is 1.45. The van der Waals surface area contributed by atoms with Crippen molar-refractivity contribution in [2.45, 2.75) is 51.5 Å². The van der Waals surface area contributed by atoms with E-state index in [4.69, 9.17) is 4.74 Å². The van der Waals surface area contributed by atoms with E-state index in [1.54, 1.807) is 24.3 Å². The molecule has 1 aliphatic heterocycles. The fourth-order valence-corrected chi connectivity index (χ4v) is 5.19. The minimum absolute atomic E-state index is 0.198. The summed E-state index contributed by atoms with van der Waals surface area (Å²) in [6, 6.07) is 8.95. The van der Waals surface area contributed by atoms with Crippen LogP contribution in [0.5, 0.6) is 0 Å². The van der Waals surface area contributed by atoms with Crippen molar-refractivity contribution in [2.75, 3.05) is 5.32 Å². The number of ether oxygens (including phenoxy) is 1. The first-order valence-electron chi connectivity index (χ1n) is 9.91. The number of nitrogens with one attached hydrogen (secondary N) is 1. The molecular formula is C22H24FN3O2S. The molecule has 0 aliphatic carbocycles. The quantitative estimate of drug-likeness (QED) is 0.596.